The fourth-order valence-corrected chi connectivity index (χ4v) is 1.22. The van der Waals surface area contributed by atoms with E-state index in [-0.39, 0.29) is 5.91 Å². The van der Waals surface area contributed by atoms with Crippen molar-refractivity contribution in [3.8, 4) is 0 Å². The molecule has 0 saturated carbocycles. The van der Waals surface area contributed by atoms with Crippen LogP contribution in [0.25, 0.3) is 0 Å². The van der Waals surface area contributed by atoms with Crippen LogP contribution >= 0.6 is 0 Å². The molecule has 1 rings (SSSR count). The van der Waals surface area contributed by atoms with Crippen molar-refractivity contribution >= 4 is 17.6 Å². The lowest BCUT2D eigenvalue weighted by molar-refractivity contribution is -0.115. The summed E-state index contributed by atoms with van der Waals surface area (Å²) in [6, 6.07) is 6.80. The van der Waals surface area contributed by atoms with Crippen LogP contribution in [0.2, 0.25) is 0 Å². The Labute approximate surface area is 94.6 Å². The first-order valence-electron chi connectivity index (χ1n) is 5.25. The first-order chi connectivity index (χ1) is 7.69. The zero-order valence-corrected chi connectivity index (χ0v) is 9.45. The van der Waals surface area contributed by atoms with Gasteiger partial charge in [-0.3, -0.25) is 4.79 Å². The van der Waals surface area contributed by atoms with E-state index in [1.807, 2.05) is 0 Å². The number of rotatable bonds is 4. The molecule has 86 valence electrons. The molecule has 1 amide bonds. The number of amides is 1. The van der Waals surface area contributed by atoms with E-state index in [0.717, 1.165) is 0 Å². The smallest absolute Gasteiger partial charge is 0.340 e. The maximum atomic E-state index is 11.6. The second kappa shape index (κ2) is 5.90. The van der Waals surface area contributed by atoms with Gasteiger partial charge in [0.05, 0.1) is 17.9 Å². The molecule has 0 aromatic heterocycles. The fraction of sp³-hybridized carbons (Fsp3) is 0.333. The first kappa shape index (κ1) is 12.2. The molecule has 4 heteroatoms. The second-order valence-electron chi connectivity index (χ2n) is 3.17. The number of hydrogen-bond acceptors (Lipinski definition) is 3. The van der Waals surface area contributed by atoms with Gasteiger partial charge in [-0.15, -0.1) is 0 Å². The molecule has 0 radical (unpaired) electrons. The van der Waals surface area contributed by atoms with Crippen LogP contribution in [0.5, 0.6) is 0 Å². The Hall–Kier alpha value is -1.84. The fourth-order valence-electron chi connectivity index (χ4n) is 1.22. The number of ether oxygens (including phenoxy) is 1. The van der Waals surface area contributed by atoms with Crippen molar-refractivity contribution in [2.45, 2.75) is 20.3 Å². The van der Waals surface area contributed by atoms with E-state index in [2.05, 4.69) is 5.32 Å². The maximum absolute atomic E-state index is 11.6. The van der Waals surface area contributed by atoms with Gasteiger partial charge in [-0.2, -0.15) is 0 Å². The topological polar surface area (TPSA) is 55.4 Å². The summed E-state index contributed by atoms with van der Waals surface area (Å²) in [5.41, 5.74) is 0.874. The molecular weight excluding hydrogens is 206 g/mol. The molecule has 0 spiro atoms. The standard InChI is InChI=1S/C12H15NO3/c1-3-11(14)13-10-8-6-5-7-9(10)12(15)16-4-2/h5-8H,3-4H2,1-2H3,(H,13,14). The zero-order valence-electron chi connectivity index (χ0n) is 9.45. The van der Waals surface area contributed by atoms with E-state index >= 15 is 0 Å². The minimum atomic E-state index is -0.422. The highest BCUT2D eigenvalue weighted by Gasteiger charge is 2.12. The van der Waals surface area contributed by atoms with Gasteiger partial charge >= 0.3 is 5.97 Å². The number of benzene rings is 1. The van der Waals surface area contributed by atoms with Crippen LogP contribution in [0.4, 0.5) is 5.69 Å². The van der Waals surface area contributed by atoms with Gasteiger partial charge < -0.3 is 10.1 Å². The minimum Gasteiger partial charge on any atom is -0.462 e. The lowest BCUT2D eigenvalue weighted by Crippen LogP contribution is -2.14. The average molecular weight is 221 g/mol. The third kappa shape index (κ3) is 3.08. The molecule has 0 unspecified atom stereocenters. The first-order valence-corrected chi connectivity index (χ1v) is 5.25. The van der Waals surface area contributed by atoms with E-state index in [9.17, 15) is 9.59 Å². The molecule has 0 saturated heterocycles. The highest BCUT2D eigenvalue weighted by molar-refractivity contribution is 6.01. The number of carbonyl (C=O) groups is 2. The van der Waals surface area contributed by atoms with Gasteiger partial charge in [0.25, 0.3) is 0 Å². The number of hydrogen-bond donors (Lipinski definition) is 1. The van der Waals surface area contributed by atoms with E-state index in [0.29, 0.717) is 24.3 Å². The van der Waals surface area contributed by atoms with Crippen LogP contribution in [-0.4, -0.2) is 18.5 Å². The quantitative estimate of drug-likeness (QED) is 0.793. The number of carbonyl (C=O) groups excluding carboxylic acids is 2. The number of nitrogens with one attached hydrogen (secondary N) is 1. The van der Waals surface area contributed by atoms with E-state index in [4.69, 9.17) is 4.74 Å². The largest absolute Gasteiger partial charge is 0.462 e. The molecule has 0 heterocycles. The van der Waals surface area contributed by atoms with Crippen LogP contribution in [-0.2, 0) is 9.53 Å². The predicted molar refractivity (Wildman–Crippen MR) is 61.3 cm³/mol. The van der Waals surface area contributed by atoms with Gasteiger partial charge in [-0.05, 0) is 19.1 Å². The lowest BCUT2D eigenvalue weighted by atomic mass is 10.1. The number of para-hydroxylation sites is 1. The molecule has 0 bridgehead atoms. The molecule has 0 aliphatic carbocycles. The maximum Gasteiger partial charge on any atom is 0.340 e. The van der Waals surface area contributed by atoms with E-state index in [1.165, 1.54) is 0 Å². The van der Waals surface area contributed by atoms with Gasteiger partial charge in [-0.1, -0.05) is 19.1 Å². The molecule has 1 aromatic rings. The molecule has 4 nitrogen and oxygen atoms in total. The Morgan fingerprint density at radius 3 is 2.56 bits per heavy atom. The monoisotopic (exact) mass is 221 g/mol. The molecule has 0 fully saturated rings. The van der Waals surface area contributed by atoms with Gasteiger partial charge in [0.1, 0.15) is 0 Å². The summed E-state index contributed by atoms with van der Waals surface area (Å²) in [6.45, 7) is 3.81. The van der Waals surface area contributed by atoms with Crippen LogP contribution in [0.15, 0.2) is 24.3 Å². The molecule has 0 atom stereocenters. The van der Waals surface area contributed by atoms with Crippen molar-refractivity contribution in [2.24, 2.45) is 0 Å². The van der Waals surface area contributed by atoms with Crippen molar-refractivity contribution in [3.63, 3.8) is 0 Å². The highest BCUT2D eigenvalue weighted by atomic mass is 16.5. The van der Waals surface area contributed by atoms with Gasteiger partial charge in [-0.25, -0.2) is 4.79 Å². The van der Waals surface area contributed by atoms with E-state index in [1.54, 1.807) is 38.1 Å². The molecule has 1 N–H and O–H groups in total. The Morgan fingerprint density at radius 1 is 1.25 bits per heavy atom. The highest BCUT2D eigenvalue weighted by Crippen LogP contribution is 2.16. The van der Waals surface area contributed by atoms with Gasteiger partial charge in [0, 0.05) is 6.42 Å². The Morgan fingerprint density at radius 2 is 1.94 bits per heavy atom. The SMILES string of the molecule is CCOC(=O)c1ccccc1NC(=O)CC. The van der Waals surface area contributed by atoms with Crippen LogP contribution in [0.1, 0.15) is 30.6 Å². The van der Waals surface area contributed by atoms with Crippen LogP contribution < -0.4 is 5.32 Å². The Bertz CT molecular complexity index is 388. The zero-order chi connectivity index (χ0) is 12.0. The molecule has 0 aliphatic heterocycles. The molecular formula is C12H15NO3. The predicted octanol–water partition coefficient (Wildman–Crippen LogP) is 2.21. The van der Waals surface area contributed by atoms with Crippen molar-refractivity contribution in [1.29, 1.82) is 0 Å². The van der Waals surface area contributed by atoms with Crippen molar-refractivity contribution < 1.29 is 14.3 Å². The Kier molecular flexibility index (Phi) is 4.51. The summed E-state index contributed by atoms with van der Waals surface area (Å²) >= 11 is 0. The van der Waals surface area contributed by atoms with E-state index < -0.39 is 5.97 Å². The summed E-state index contributed by atoms with van der Waals surface area (Å²) in [5, 5.41) is 2.66. The minimum absolute atomic E-state index is 0.128. The van der Waals surface area contributed by atoms with Gasteiger partial charge in [0.15, 0.2) is 0 Å². The summed E-state index contributed by atoms with van der Waals surface area (Å²) in [7, 11) is 0. The van der Waals surface area contributed by atoms with Gasteiger partial charge in [0.2, 0.25) is 5.91 Å². The van der Waals surface area contributed by atoms with Crippen molar-refractivity contribution in [2.75, 3.05) is 11.9 Å². The van der Waals surface area contributed by atoms with Crippen molar-refractivity contribution in [1.82, 2.24) is 0 Å². The third-order valence-corrected chi connectivity index (χ3v) is 2.02. The number of esters is 1. The average Bonchev–Trinajstić information content (AvgIpc) is 2.30. The second-order valence-corrected chi connectivity index (χ2v) is 3.17. The van der Waals surface area contributed by atoms with Crippen LogP contribution in [0, 0.1) is 0 Å². The summed E-state index contributed by atoms with van der Waals surface area (Å²) in [4.78, 5) is 22.8. The third-order valence-electron chi connectivity index (χ3n) is 2.02. The molecule has 1 aromatic carbocycles. The summed E-state index contributed by atoms with van der Waals surface area (Å²) in [5.74, 6) is -0.550. The van der Waals surface area contributed by atoms with Crippen molar-refractivity contribution in [3.05, 3.63) is 29.8 Å². The summed E-state index contributed by atoms with van der Waals surface area (Å²) in [6.07, 6.45) is 0.372. The summed E-state index contributed by atoms with van der Waals surface area (Å²) < 4.78 is 4.89. The normalized spacial score (nSPS) is 9.62. The molecule has 0 aliphatic rings. The number of anilines is 1. The van der Waals surface area contributed by atoms with Crippen LogP contribution in [0.3, 0.4) is 0 Å². The Balaban J connectivity index is 2.91. The lowest BCUT2D eigenvalue weighted by Gasteiger charge is -2.09. The molecule has 16 heavy (non-hydrogen) atoms.